The van der Waals surface area contributed by atoms with Crippen LogP contribution in [0.3, 0.4) is 0 Å². The first-order valence-electron chi connectivity index (χ1n) is 6.70. The van der Waals surface area contributed by atoms with E-state index in [0.29, 0.717) is 29.2 Å². The highest BCUT2D eigenvalue weighted by molar-refractivity contribution is 5.75. The van der Waals surface area contributed by atoms with Crippen LogP contribution in [0.5, 0.6) is 0 Å². The number of hydrogen-bond donors (Lipinski definition) is 1. The first-order valence-corrected chi connectivity index (χ1v) is 6.70. The zero-order valence-corrected chi connectivity index (χ0v) is 11.9. The van der Waals surface area contributed by atoms with E-state index < -0.39 is 11.7 Å². The Labute approximate surface area is 120 Å². The van der Waals surface area contributed by atoms with E-state index in [0.717, 1.165) is 18.6 Å². The lowest BCUT2D eigenvalue weighted by Gasteiger charge is -2.09. The highest BCUT2D eigenvalue weighted by Crippen LogP contribution is 2.35. The number of nitrogen functional groups attached to an aromatic ring is 1. The smallest absolute Gasteiger partial charge is 0.367 e. The van der Waals surface area contributed by atoms with Gasteiger partial charge in [-0.3, -0.25) is 0 Å². The van der Waals surface area contributed by atoms with Crippen LogP contribution in [0.25, 0.3) is 11.1 Å². The molecule has 1 heterocycles. The number of benzene rings is 1. The van der Waals surface area contributed by atoms with Crippen LogP contribution in [0.4, 0.5) is 19.1 Å². The van der Waals surface area contributed by atoms with Gasteiger partial charge in [0.1, 0.15) is 0 Å². The van der Waals surface area contributed by atoms with E-state index in [2.05, 4.69) is 19.0 Å². The minimum atomic E-state index is -4.39. The Balaban J connectivity index is 2.40. The second-order valence-electron chi connectivity index (χ2n) is 5.38. The zero-order valence-electron chi connectivity index (χ0n) is 11.9. The fourth-order valence-corrected chi connectivity index (χ4v) is 2.09. The Kier molecular flexibility index (Phi) is 4.25. The molecule has 6 heteroatoms. The van der Waals surface area contributed by atoms with Gasteiger partial charge in [-0.1, -0.05) is 31.1 Å². The van der Waals surface area contributed by atoms with Crippen LogP contribution < -0.4 is 5.73 Å². The fourth-order valence-electron chi connectivity index (χ4n) is 2.09. The molecule has 0 atom stereocenters. The number of rotatable bonds is 4. The minimum Gasteiger partial charge on any atom is -0.367 e. The van der Waals surface area contributed by atoms with Crippen LogP contribution in [-0.2, 0) is 12.6 Å². The predicted molar refractivity (Wildman–Crippen MR) is 74.5 cm³/mol. The summed E-state index contributed by atoms with van der Waals surface area (Å²) in [6, 6.07) is 5.04. The van der Waals surface area contributed by atoms with Crippen LogP contribution in [0, 0.1) is 5.92 Å². The van der Waals surface area contributed by atoms with E-state index >= 15 is 0 Å². The number of aryl methyl sites for hydroxylation is 1. The molecule has 0 amide bonds. The van der Waals surface area contributed by atoms with Crippen LogP contribution in [0.1, 0.15) is 31.5 Å². The van der Waals surface area contributed by atoms with Crippen molar-refractivity contribution in [3.05, 3.63) is 35.5 Å². The second-order valence-corrected chi connectivity index (χ2v) is 5.38. The molecule has 1 aromatic heterocycles. The van der Waals surface area contributed by atoms with Gasteiger partial charge in [-0.05, 0) is 36.5 Å². The van der Waals surface area contributed by atoms with Crippen LogP contribution >= 0.6 is 0 Å². The van der Waals surface area contributed by atoms with Gasteiger partial charge >= 0.3 is 6.18 Å². The van der Waals surface area contributed by atoms with Gasteiger partial charge in [0.05, 0.1) is 16.8 Å². The molecule has 0 radical (unpaired) electrons. The van der Waals surface area contributed by atoms with Crippen molar-refractivity contribution in [3.8, 4) is 11.1 Å². The molecule has 0 fully saturated rings. The number of aromatic nitrogens is 1. The molecular weight excluding hydrogens is 281 g/mol. The highest BCUT2D eigenvalue weighted by Gasteiger charge is 2.31. The highest BCUT2D eigenvalue weighted by atomic mass is 19.4. The number of nitrogens with two attached hydrogens (primary N) is 1. The maximum Gasteiger partial charge on any atom is 0.416 e. The maximum absolute atomic E-state index is 12.8. The monoisotopic (exact) mass is 298 g/mol. The summed E-state index contributed by atoms with van der Waals surface area (Å²) >= 11 is 0. The summed E-state index contributed by atoms with van der Waals surface area (Å²) in [5.74, 6) is 0.505. The molecule has 3 nitrogen and oxygen atoms in total. The number of nitrogens with zero attached hydrogens (tertiary/aromatic N) is 1. The average Bonchev–Trinajstić information content (AvgIpc) is 2.76. The fraction of sp³-hybridized carbons (Fsp3) is 0.400. The average molecular weight is 298 g/mol. The molecule has 114 valence electrons. The molecule has 2 rings (SSSR count). The summed E-state index contributed by atoms with van der Waals surface area (Å²) in [4.78, 5) is 0. The van der Waals surface area contributed by atoms with E-state index in [-0.39, 0.29) is 5.88 Å². The molecule has 2 aromatic rings. The third-order valence-corrected chi connectivity index (χ3v) is 3.23. The summed E-state index contributed by atoms with van der Waals surface area (Å²) in [6.45, 7) is 4.13. The summed E-state index contributed by atoms with van der Waals surface area (Å²) < 4.78 is 43.3. The Morgan fingerprint density at radius 1 is 1.29 bits per heavy atom. The molecule has 21 heavy (non-hydrogen) atoms. The van der Waals surface area contributed by atoms with Crippen LogP contribution in [-0.4, -0.2) is 5.16 Å². The second kappa shape index (κ2) is 5.79. The van der Waals surface area contributed by atoms with Crippen molar-refractivity contribution in [1.82, 2.24) is 5.16 Å². The Hall–Kier alpha value is -1.98. The lowest BCUT2D eigenvalue weighted by atomic mass is 9.98. The third-order valence-electron chi connectivity index (χ3n) is 3.23. The van der Waals surface area contributed by atoms with Gasteiger partial charge in [0.15, 0.2) is 0 Å². The predicted octanol–water partition coefficient (Wildman–Crippen LogP) is 4.53. The molecule has 0 aliphatic rings. The van der Waals surface area contributed by atoms with Gasteiger partial charge in [0.2, 0.25) is 5.88 Å². The third kappa shape index (κ3) is 3.56. The van der Waals surface area contributed by atoms with Crippen molar-refractivity contribution in [2.24, 2.45) is 5.92 Å². The van der Waals surface area contributed by atoms with Crippen molar-refractivity contribution in [3.63, 3.8) is 0 Å². The zero-order chi connectivity index (χ0) is 15.6. The number of halogens is 3. The Morgan fingerprint density at radius 2 is 2.00 bits per heavy atom. The SMILES string of the molecule is CC(C)CCc1noc(N)c1-c1cccc(C(F)(F)F)c1. The molecule has 0 saturated carbocycles. The summed E-state index contributed by atoms with van der Waals surface area (Å²) in [5.41, 5.74) is 6.45. The van der Waals surface area contributed by atoms with Gasteiger partial charge in [0, 0.05) is 0 Å². The van der Waals surface area contributed by atoms with E-state index in [1.54, 1.807) is 6.07 Å². The molecule has 1 aromatic carbocycles. The largest absolute Gasteiger partial charge is 0.416 e. The van der Waals surface area contributed by atoms with Gasteiger partial charge in [0.25, 0.3) is 0 Å². The van der Waals surface area contributed by atoms with Crippen molar-refractivity contribution in [2.75, 3.05) is 5.73 Å². The molecule has 0 unspecified atom stereocenters. The normalized spacial score (nSPS) is 12.1. The number of alkyl halides is 3. The van der Waals surface area contributed by atoms with Gasteiger partial charge < -0.3 is 10.3 Å². The van der Waals surface area contributed by atoms with Crippen molar-refractivity contribution < 1.29 is 17.7 Å². The van der Waals surface area contributed by atoms with Crippen molar-refractivity contribution in [1.29, 1.82) is 0 Å². The van der Waals surface area contributed by atoms with Crippen molar-refractivity contribution >= 4 is 5.88 Å². The molecule has 0 saturated heterocycles. The Morgan fingerprint density at radius 3 is 2.62 bits per heavy atom. The first kappa shape index (κ1) is 15.4. The molecule has 0 aliphatic heterocycles. The molecule has 0 spiro atoms. The van der Waals surface area contributed by atoms with Crippen LogP contribution in [0.2, 0.25) is 0 Å². The molecule has 0 aliphatic carbocycles. The Bertz CT molecular complexity index is 618. The standard InChI is InChI=1S/C15H17F3N2O/c1-9(2)6-7-12-13(14(19)21-20-12)10-4-3-5-11(8-10)15(16,17)18/h3-5,8-9H,6-7,19H2,1-2H3. The van der Waals surface area contributed by atoms with E-state index in [1.165, 1.54) is 6.07 Å². The maximum atomic E-state index is 12.8. The molecule has 2 N–H and O–H groups in total. The van der Waals surface area contributed by atoms with E-state index in [1.807, 2.05) is 0 Å². The van der Waals surface area contributed by atoms with E-state index in [9.17, 15) is 13.2 Å². The summed E-state index contributed by atoms with van der Waals surface area (Å²) in [5, 5.41) is 3.87. The number of hydrogen-bond acceptors (Lipinski definition) is 3. The lowest BCUT2D eigenvalue weighted by molar-refractivity contribution is -0.137. The first-order chi connectivity index (χ1) is 9.79. The van der Waals surface area contributed by atoms with Gasteiger partial charge in [-0.15, -0.1) is 0 Å². The number of anilines is 1. The topological polar surface area (TPSA) is 52.0 Å². The summed E-state index contributed by atoms with van der Waals surface area (Å²) in [6.07, 6.45) is -2.91. The van der Waals surface area contributed by atoms with E-state index in [4.69, 9.17) is 10.3 Å². The lowest BCUT2D eigenvalue weighted by Crippen LogP contribution is -2.05. The molecular formula is C15H17F3N2O. The molecule has 0 bridgehead atoms. The van der Waals surface area contributed by atoms with Gasteiger partial charge in [-0.25, -0.2) is 0 Å². The van der Waals surface area contributed by atoms with Crippen molar-refractivity contribution in [2.45, 2.75) is 32.9 Å². The van der Waals surface area contributed by atoms with Gasteiger partial charge in [-0.2, -0.15) is 13.2 Å². The summed E-state index contributed by atoms with van der Waals surface area (Å²) in [7, 11) is 0. The van der Waals surface area contributed by atoms with Crippen LogP contribution in [0.15, 0.2) is 28.8 Å². The quantitative estimate of drug-likeness (QED) is 0.902. The minimum absolute atomic E-state index is 0.0491.